The highest BCUT2D eigenvalue weighted by molar-refractivity contribution is 6.27. The molecule has 8 heteroatoms. The third kappa shape index (κ3) is 4.97. The molecule has 1 aliphatic carbocycles. The number of benzene rings is 2. The number of methoxy groups -OCH3 is 1. The van der Waals surface area contributed by atoms with E-state index in [9.17, 15) is 14.4 Å². The Morgan fingerprint density at radius 2 is 1.76 bits per heavy atom. The molecule has 5 rings (SSSR count). The lowest BCUT2D eigenvalue weighted by atomic mass is 9.87. The molecular weight excluding hydrogens is 492 g/mol. The van der Waals surface area contributed by atoms with Crippen LogP contribution < -0.4 is 0 Å². The molecule has 2 aliphatic rings. The van der Waals surface area contributed by atoms with Gasteiger partial charge in [0.25, 0.3) is 0 Å². The van der Waals surface area contributed by atoms with Crippen molar-refractivity contribution in [2.24, 2.45) is 5.92 Å². The fourth-order valence-corrected chi connectivity index (χ4v) is 5.90. The molecule has 1 saturated carbocycles. The minimum atomic E-state index is -0.826. The van der Waals surface area contributed by atoms with E-state index in [1.807, 2.05) is 36.4 Å². The Morgan fingerprint density at radius 1 is 1.03 bits per heavy atom. The van der Waals surface area contributed by atoms with Crippen molar-refractivity contribution in [3.05, 3.63) is 70.9 Å². The number of amides is 1. The number of nitrogens with zero attached hydrogens (tertiary/aromatic N) is 1. The van der Waals surface area contributed by atoms with Crippen LogP contribution in [0.25, 0.3) is 10.9 Å². The highest BCUT2D eigenvalue weighted by Crippen LogP contribution is 2.41. The monoisotopic (exact) mass is 522 g/mol. The van der Waals surface area contributed by atoms with Gasteiger partial charge in [0.1, 0.15) is 11.9 Å². The van der Waals surface area contributed by atoms with E-state index in [0.29, 0.717) is 24.5 Å². The number of H-pyrrole nitrogens is 1. The summed E-state index contributed by atoms with van der Waals surface area (Å²) < 4.78 is 10.7. The number of ether oxygens (including phenoxy) is 2. The van der Waals surface area contributed by atoms with Crippen molar-refractivity contribution in [1.82, 2.24) is 9.88 Å². The molecule has 0 spiro atoms. The SMILES string of the molecule is COC(=O)[C@H]1Cc2c([nH]c3ccccc23)[C@H](c2ccc(C(=O)OCC3CCCCC3)cc2)N1C(=O)CCl. The smallest absolute Gasteiger partial charge is 0.338 e. The number of nitrogens with one attached hydrogen (secondary N) is 1. The van der Waals surface area contributed by atoms with Gasteiger partial charge < -0.3 is 19.4 Å². The predicted molar refractivity (Wildman–Crippen MR) is 141 cm³/mol. The lowest BCUT2D eigenvalue weighted by Gasteiger charge is -2.40. The van der Waals surface area contributed by atoms with E-state index in [1.165, 1.54) is 31.3 Å². The van der Waals surface area contributed by atoms with Gasteiger partial charge in [-0.05, 0) is 48.1 Å². The molecule has 1 fully saturated rings. The molecule has 0 unspecified atom stereocenters. The average Bonchev–Trinajstić information content (AvgIpc) is 3.33. The molecule has 1 N–H and O–H groups in total. The van der Waals surface area contributed by atoms with Gasteiger partial charge in [0.05, 0.1) is 25.3 Å². The van der Waals surface area contributed by atoms with Crippen LogP contribution in [-0.2, 0) is 25.5 Å². The number of halogens is 1. The number of hydrogen-bond acceptors (Lipinski definition) is 5. The number of aromatic nitrogens is 1. The Hall–Kier alpha value is -3.32. The van der Waals surface area contributed by atoms with E-state index in [4.69, 9.17) is 21.1 Å². The van der Waals surface area contributed by atoms with Crippen molar-refractivity contribution in [3.63, 3.8) is 0 Å². The number of esters is 2. The number of hydrogen-bond donors (Lipinski definition) is 1. The lowest BCUT2D eigenvalue weighted by Crippen LogP contribution is -2.52. The number of fused-ring (bicyclic) bond motifs is 3. The van der Waals surface area contributed by atoms with Gasteiger partial charge in [0.2, 0.25) is 5.91 Å². The molecule has 2 aromatic carbocycles. The van der Waals surface area contributed by atoms with Gasteiger partial charge in [0.15, 0.2) is 0 Å². The number of carbonyl (C=O) groups is 3. The first-order chi connectivity index (χ1) is 18.0. The van der Waals surface area contributed by atoms with Gasteiger partial charge in [-0.3, -0.25) is 4.79 Å². The molecule has 0 bridgehead atoms. The maximum absolute atomic E-state index is 13.1. The van der Waals surface area contributed by atoms with Gasteiger partial charge in [-0.15, -0.1) is 11.6 Å². The molecule has 2 heterocycles. The molecule has 37 heavy (non-hydrogen) atoms. The second kappa shape index (κ2) is 11.0. The number of aromatic amines is 1. The van der Waals surface area contributed by atoms with Crippen LogP contribution in [0.5, 0.6) is 0 Å². The first-order valence-corrected chi connectivity index (χ1v) is 13.4. The van der Waals surface area contributed by atoms with Crippen LogP contribution >= 0.6 is 11.6 Å². The van der Waals surface area contributed by atoms with Crippen molar-refractivity contribution >= 4 is 40.3 Å². The fourth-order valence-electron chi connectivity index (χ4n) is 5.76. The summed E-state index contributed by atoms with van der Waals surface area (Å²) in [6, 6.07) is 13.5. The molecule has 1 aromatic heterocycles. The molecule has 1 amide bonds. The van der Waals surface area contributed by atoms with E-state index in [-0.39, 0.29) is 17.8 Å². The summed E-state index contributed by atoms with van der Waals surface area (Å²) >= 11 is 6.01. The summed E-state index contributed by atoms with van der Waals surface area (Å²) in [6.07, 6.45) is 6.16. The normalized spacial score (nSPS) is 19.9. The number of alkyl halides is 1. The average molecular weight is 523 g/mol. The highest BCUT2D eigenvalue weighted by Gasteiger charge is 2.43. The molecule has 2 atom stereocenters. The number of para-hydroxylation sites is 1. The van der Waals surface area contributed by atoms with Crippen LogP contribution in [0, 0.1) is 5.92 Å². The summed E-state index contributed by atoms with van der Waals surface area (Å²) in [5.74, 6) is -1.06. The molecular formula is C29H31ClN2O5. The van der Waals surface area contributed by atoms with E-state index in [1.54, 1.807) is 12.1 Å². The van der Waals surface area contributed by atoms with Gasteiger partial charge >= 0.3 is 11.9 Å². The molecule has 1 aliphatic heterocycles. The first kappa shape index (κ1) is 25.3. The molecule has 7 nitrogen and oxygen atoms in total. The minimum absolute atomic E-state index is 0.273. The third-order valence-electron chi connectivity index (χ3n) is 7.64. The van der Waals surface area contributed by atoms with Crippen molar-refractivity contribution in [3.8, 4) is 0 Å². The lowest BCUT2D eigenvalue weighted by molar-refractivity contribution is -0.154. The van der Waals surface area contributed by atoms with E-state index >= 15 is 0 Å². The summed E-state index contributed by atoms with van der Waals surface area (Å²) in [4.78, 5) is 43.7. The molecule has 0 radical (unpaired) electrons. The summed E-state index contributed by atoms with van der Waals surface area (Å²) in [7, 11) is 1.32. The topological polar surface area (TPSA) is 88.7 Å². The van der Waals surface area contributed by atoms with Gasteiger partial charge in [-0.25, -0.2) is 9.59 Å². The van der Waals surface area contributed by atoms with Crippen LogP contribution in [0.4, 0.5) is 0 Å². The van der Waals surface area contributed by atoms with Gasteiger partial charge in [-0.1, -0.05) is 49.6 Å². The molecule has 194 valence electrons. The molecule has 0 saturated heterocycles. The second-order valence-electron chi connectivity index (χ2n) is 9.87. The zero-order valence-corrected chi connectivity index (χ0v) is 21.6. The van der Waals surface area contributed by atoms with Crippen molar-refractivity contribution in [2.75, 3.05) is 19.6 Å². The first-order valence-electron chi connectivity index (χ1n) is 12.8. The van der Waals surface area contributed by atoms with Crippen LogP contribution in [0.3, 0.4) is 0 Å². The van der Waals surface area contributed by atoms with E-state index in [2.05, 4.69) is 4.98 Å². The Morgan fingerprint density at radius 3 is 2.46 bits per heavy atom. The Kier molecular flexibility index (Phi) is 7.51. The Balaban J connectivity index is 1.49. The summed E-state index contributed by atoms with van der Waals surface area (Å²) in [5, 5.41) is 0.997. The standard InChI is InChI=1S/C29H31ClN2O5/c1-36-29(35)24-15-22-21-9-5-6-10-23(21)31-26(22)27(32(24)25(33)16-30)19-11-13-20(14-12-19)28(34)37-17-18-7-3-2-4-8-18/h5-6,9-14,18,24,27,31H,2-4,7-8,15-17H2,1H3/t24-,27+/m1/s1. The Labute approximate surface area is 221 Å². The maximum Gasteiger partial charge on any atom is 0.338 e. The van der Waals surface area contributed by atoms with Crippen LogP contribution in [-0.4, -0.2) is 53.4 Å². The predicted octanol–water partition coefficient (Wildman–Crippen LogP) is 5.16. The van der Waals surface area contributed by atoms with E-state index in [0.717, 1.165) is 40.6 Å². The Bertz CT molecular complexity index is 1300. The van der Waals surface area contributed by atoms with Crippen LogP contribution in [0.1, 0.15) is 65.3 Å². The molecule has 3 aromatic rings. The quantitative estimate of drug-likeness (QED) is 0.357. The van der Waals surface area contributed by atoms with Crippen LogP contribution in [0.15, 0.2) is 48.5 Å². The summed E-state index contributed by atoms with van der Waals surface area (Å²) in [5.41, 5.74) is 3.91. The van der Waals surface area contributed by atoms with Gasteiger partial charge in [0, 0.05) is 23.0 Å². The van der Waals surface area contributed by atoms with Crippen molar-refractivity contribution in [1.29, 1.82) is 0 Å². The maximum atomic E-state index is 13.1. The zero-order chi connectivity index (χ0) is 25.9. The van der Waals surface area contributed by atoms with Gasteiger partial charge in [-0.2, -0.15) is 0 Å². The second-order valence-corrected chi connectivity index (χ2v) is 10.1. The van der Waals surface area contributed by atoms with Crippen molar-refractivity contribution in [2.45, 2.75) is 50.6 Å². The zero-order valence-electron chi connectivity index (χ0n) is 20.9. The van der Waals surface area contributed by atoms with Crippen LogP contribution in [0.2, 0.25) is 0 Å². The summed E-state index contributed by atoms with van der Waals surface area (Å²) in [6.45, 7) is 0.445. The fraction of sp³-hybridized carbons (Fsp3) is 0.414. The van der Waals surface area contributed by atoms with E-state index < -0.39 is 18.1 Å². The number of carbonyl (C=O) groups excluding carboxylic acids is 3. The largest absolute Gasteiger partial charge is 0.467 e. The third-order valence-corrected chi connectivity index (χ3v) is 7.87. The minimum Gasteiger partial charge on any atom is -0.467 e. The highest BCUT2D eigenvalue weighted by atomic mass is 35.5. The van der Waals surface area contributed by atoms with Crippen molar-refractivity contribution < 1.29 is 23.9 Å². The number of rotatable bonds is 6.